The summed E-state index contributed by atoms with van der Waals surface area (Å²) in [4.78, 5) is 5.32. The van der Waals surface area contributed by atoms with Crippen molar-refractivity contribution in [2.75, 3.05) is 0 Å². The van der Waals surface area contributed by atoms with Crippen LogP contribution in [-0.4, -0.2) is 10.3 Å². The monoisotopic (exact) mass is 704 g/mol. The minimum atomic E-state index is 0.223. The Morgan fingerprint density at radius 1 is 0.473 bits per heavy atom. The molecule has 0 aliphatic carbocycles. The Morgan fingerprint density at radius 2 is 1.13 bits per heavy atom. The maximum atomic E-state index is 6.85. The van der Waals surface area contributed by atoms with Crippen LogP contribution in [0.5, 0.6) is 0 Å². The summed E-state index contributed by atoms with van der Waals surface area (Å²) in [5.74, 6) is 0.223. The first-order valence-corrected chi connectivity index (χ1v) is 19.1. The lowest BCUT2D eigenvalue weighted by atomic mass is 9.85. The van der Waals surface area contributed by atoms with E-state index in [4.69, 9.17) is 9.41 Å². The quantitative estimate of drug-likeness (QED) is 0.175. The second kappa shape index (κ2) is 12.9. The largest absolute Gasteiger partial charge is 0.454 e. The topological polar surface area (TPSA) is 30.4 Å². The summed E-state index contributed by atoms with van der Waals surface area (Å²) in [7, 11) is 0. The molecule has 3 nitrogen and oxygen atoms in total. The summed E-state index contributed by atoms with van der Waals surface area (Å²) >= 11 is 0. The fraction of sp³-hybridized carbons (Fsp3) is 0.0577. The zero-order chi connectivity index (χ0) is 36.3. The molecule has 0 bridgehead atoms. The van der Waals surface area contributed by atoms with Crippen molar-refractivity contribution >= 4 is 55.1 Å². The van der Waals surface area contributed by atoms with E-state index in [9.17, 15) is 0 Å². The van der Waals surface area contributed by atoms with E-state index in [0.29, 0.717) is 0 Å². The molecule has 10 aromatic rings. The van der Waals surface area contributed by atoms with Crippen molar-refractivity contribution in [1.29, 1.82) is 0 Å². The van der Waals surface area contributed by atoms with Crippen molar-refractivity contribution in [3.8, 4) is 27.9 Å². The Hall–Kier alpha value is -6.97. The zero-order valence-corrected chi connectivity index (χ0v) is 30.2. The van der Waals surface area contributed by atoms with E-state index in [0.717, 1.165) is 79.6 Å². The molecule has 3 heterocycles. The lowest BCUT2D eigenvalue weighted by Gasteiger charge is -2.19. The third-order valence-corrected chi connectivity index (χ3v) is 11.5. The number of furan rings is 1. The van der Waals surface area contributed by atoms with E-state index < -0.39 is 0 Å². The van der Waals surface area contributed by atoms with Crippen LogP contribution >= 0.6 is 0 Å². The van der Waals surface area contributed by atoms with E-state index in [2.05, 4.69) is 193 Å². The number of benzene rings is 8. The molecular formula is C52H36N2O. The number of nitrogens with zero attached hydrogens (tertiary/aromatic N) is 2. The Labute approximate surface area is 319 Å². The molecule has 0 radical (unpaired) electrons. The van der Waals surface area contributed by atoms with E-state index in [1.807, 2.05) is 0 Å². The number of para-hydroxylation sites is 3. The van der Waals surface area contributed by atoms with Gasteiger partial charge in [0.15, 0.2) is 5.58 Å². The number of aromatic nitrogens is 1. The molecule has 55 heavy (non-hydrogen) atoms. The van der Waals surface area contributed by atoms with E-state index in [1.165, 1.54) is 33.0 Å². The molecule has 11 rings (SSSR count). The van der Waals surface area contributed by atoms with Gasteiger partial charge in [-0.1, -0.05) is 146 Å². The molecule has 1 unspecified atom stereocenters. The van der Waals surface area contributed by atoms with Crippen molar-refractivity contribution < 1.29 is 4.42 Å². The Kier molecular flexibility index (Phi) is 7.38. The van der Waals surface area contributed by atoms with Crippen LogP contribution in [0.2, 0.25) is 0 Å². The lowest BCUT2D eigenvalue weighted by Crippen LogP contribution is -2.14. The third-order valence-electron chi connectivity index (χ3n) is 11.5. The highest BCUT2D eigenvalue weighted by Gasteiger charge is 2.24. The summed E-state index contributed by atoms with van der Waals surface area (Å²) in [5.41, 5.74) is 15.8. The summed E-state index contributed by atoms with van der Waals surface area (Å²) in [5, 5.41) is 4.68. The highest BCUT2D eigenvalue weighted by molar-refractivity contribution is 6.14. The van der Waals surface area contributed by atoms with Gasteiger partial charge in [0.25, 0.3) is 0 Å². The van der Waals surface area contributed by atoms with E-state index in [-0.39, 0.29) is 5.92 Å². The molecule has 260 valence electrons. The zero-order valence-electron chi connectivity index (χ0n) is 30.2. The maximum Gasteiger partial charge on any atom is 0.159 e. The third kappa shape index (κ3) is 5.31. The highest BCUT2D eigenvalue weighted by Crippen LogP contribution is 2.41. The molecule has 1 atom stereocenters. The second-order valence-electron chi connectivity index (χ2n) is 14.6. The lowest BCUT2D eigenvalue weighted by molar-refractivity contribution is 0.666. The first kappa shape index (κ1) is 31.5. The highest BCUT2D eigenvalue weighted by atomic mass is 16.3. The average molecular weight is 705 g/mol. The van der Waals surface area contributed by atoms with Gasteiger partial charge in [-0.15, -0.1) is 0 Å². The van der Waals surface area contributed by atoms with Crippen LogP contribution in [0.3, 0.4) is 0 Å². The van der Waals surface area contributed by atoms with Crippen molar-refractivity contribution in [2.45, 2.75) is 18.8 Å². The molecule has 1 aliphatic heterocycles. The number of rotatable bonds is 5. The first-order valence-electron chi connectivity index (χ1n) is 19.1. The van der Waals surface area contributed by atoms with Crippen LogP contribution in [0, 0.1) is 0 Å². The molecule has 1 aliphatic rings. The molecule has 0 saturated carbocycles. The van der Waals surface area contributed by atoms with Gasteiger partial charge in [0, 0.05) is 27.5 Å². The standard InChI is InChI=1S/C52H36N2O/c1-3-12-34(13-4-1)39-28-31-48-45(32-39)42-17-8-10-20-47(42)54(48)49-21-11-18-44-43-30-27-40(33-50(43)55-52(44)49)35-22-24-38(25-23-35)51-41(36-14-5-2-6-15-36)29-26-37-16-7-9-19-46(37)53-51/h1-25,27-28,30-33,41H,26,29H2. The summed E-state index contributed by atoms with van der Waals surface area (Å²) < 4.78 is 9.21. The van der Waals surface area contributed by atoms with Gasteiger partial charge in [-0.25, -0.2) is 0 Å². The number of hydrogen-bond acceptors (Lipinski definition) is 2. The fourth-order valence-corrected chi connectivity index (χ4v) is 8.77. The van der Waals surface area contributed by atoms with E-state index >= 15 is 0 Å². The first-order chi connectivity index (χ1) is 27.3. The normalized spacial score (nSPS) is 14.3. The molecule has 0 N–H and O–H groups in total. The van der Waals surface area contributed by atoms with Gasteiger partial charge >= 0.3 is 0 Å². The molecule has 0 spiro atoms. The predicted octanol–water partition coefficient (Wildman–Crippen LogP) is 13.9. The average Bonchev–Trinajstić information content (AvgIpc) is 3.72. The van der Waals surface area contributed by atoms with Crippen LogP contribution in [0.25, 0.3) is 71.7 Å². The van der Waals surface area contributed by atoms with Gasteiger partial charge in [0.1, 0.15) is 5.58 Å². The molecule has 2 aromatic heterocycles. The van der Waals surface area contributed by atoms with Crippen LogP contribution in [-0.2, 0) is 6.42 Å². The smallest absolute Gasteiger partial charge is 0.159 e. The van der Waals surface area contributed by atoms with Gasteiger partial charge in [-0.2, -0.15) is 0 Å². The Morgan fingerprint density at radius 3 is 2.00 bits per heavy atom. The van der Waals surface area contributed by atoms with Crippen molar-refractivity contribution in [3.63, 3.8) is 0 Å². The molecule has 0 saturated heterocycles. The number of hydrogen-bond donors (Lipinski definition) is 0. The van der Waals surface area contributed by atoms with Gasteiger partial charge in [-0.05, 0) is 94.3 Å². The molecule has 3 heteroatoms. The van der Waals surface area contributed by atoms with E-state index in [1.54, 1.807) is 0 Å². The fourth-order valence-electron chi connectivity index (χ4n) is 8.77. The van der Waals surface area contributed by atoms with Gasteiger partial charge < -0.3 is 8.98 Å². The molecule has 0 fully saturated rings. The number of fused-ring (bicyclic) bond motifs is 7. The Bertz CT molecular complexity index is 3080. The summed E-state index contributed by atoms with van der Waals surface area (Å²) in [6.07, 6.45) is 2.03. The molecule has 8 aromatic carbocycles. The van der Waals surface area contributed by atoms with Crippen molar-refractivity contribution in [2.24, 2.45) is 4.99 Å². The van der Waals surface area contributed by atoms with Crippen LogP contribution < -0.4 is 0 Å². The molecular weight excluding hydrogens is 669 g/mol. The minimum absolute atomic E-state index is 0.223. The molecule has 0 amide bonds. The predicted molar refractivity (Wildman–Crippen MR) is 229 cm³/mol. The van der Waals surface area contributed by atoms with Crippen molar-refractivity contribution in [1.82, 2.24) is 4.57 Å². The van der Waals surface area contributed by atoms with Gasteiger partial charge in [-0.3, -0.25) is 4.99 Å². The number of aliphatic imine (C=N–C) groups is 1. The number of aryl methyl sites for hydroxylation is 1. The van der Waals surface area contributed by atoms with Crippen LogP contribution in [0.1, 0.15) is 29.0 Å². The Balaban J connectivity index is 0.994. The summed E-state index contributed by atoms with van der Waals surface area (Å²) in [6.45, 7) is 0. The summed E-state index contributed by atoms with van der Waals surface area (Å²) in [6, 6.07) is 67.6. The minimum Gasteiger partial charge on any atom is -0.454 e. The van der Waals surface area contributed by atoms with Crippen LogP contribution in [0.15, 0.2) is 197 Å². The second-order valence-corrected chi connectivity index (χ2v) is 14.6. The van der Waals surface area contributed by atoms with Gasteiger partial charge in [0.2, 0.25) is 0 Å². The van der Waals surface area contributed by atoms with Crippen molar-refractivity contribution in [3.05, 3.63) is 205 Å². The SMILES string of the molecule is c1ccc(-c2ccc3c(c2)c2ccccc2n3-c2cccc3c2oc2cc(-c4ccc(C5=Nc6ccccc6CCC5c5ccccc5)cc4)ccc23)cc1. The maximum absolute atomic E-state index is 6.85. The van der Waals surface area contributed by atoms with Crippen LogP contribution in [0.4, 0.5) is 5.69 Å². The van der Waals surface area contributed by atoms with Gasteiger partial charge in [0.05, 0.1) is 28.1 Å².